The summed E-state index contributed by atoms with van der Waals surface area (Å²) in [5.74, 6) is 0.688. The third-order valence-electron chi connectivity index (χ3n) is 4.72. The van der Waals surface area contributed by atoms with E-state index in [0.29, 0.717) is 4.88 Å². The van der Waals surface area contributed by atoms with E-state index in [1.165, 1.54) is 49.9 Å². The molecular formula is C21H27N3OS. The first-order valence-corrected chi connectivity index (χ1v) is 10.4. The van der Waals surface area contributed by atoms with E-state index < -0.39 is 0 Å². The number of carbonyl (C=O) groups excluding carboxylic acids is 1. The second kappa shape index (κ2) is 8.99. The molecule has 3 rings (SSSR count). The van der Waals surface area contributed by atoms with Crippen molar-refractivity contribution in [3.8, 4) is 5.69 Å². The number of hydrogen-bond donors (Lipinski definition) is 1. The fraction of sp³-hybridized carbons (Fsp3) is 0.429. The van der Waals surface area contributed by atoms with Gasteiger partial charge < -0.3 is 5.73 Å². The van der Waals surface area contributed by atoms with Gasteiger partial charge in [0.15, 0.2) is 0 Å². The number of benzene rings is 1. The monoisotopic (exact) mass is 369 g/mol. The molecule has 3 aromatic rings. The van der Waals surface area contributed by atoms with Gasteiger partial charge in [0.25, 0.3) is 5.91 Å². The topological polar surface area (TPSA) is 60.9 Å². The molecule has 0 bridgehead atoms. The summed E-state index contributed by atoms with van der Waals surface area (Å²) < 4.78 is 2.18. The molecule has 5 heteroatoms. The van der Waals surface area contributed by atoms with Crippen molar-refractivity contribution < 1.29 is 4.79 Å². The molecule has 0 fully saturated rings. The average Bonchev–Trinajstić information content (AvgIpc) is 3.25. The molecule has 0 unspecified atom stereocenters. The Balaban J connectivity index is 1.75. The van der Waals surface area contributed by atoms with E-state index in [4.69, 9.17) is 10.7 Å². The van der Waals surface area contributed by atoms with Crippen LogP contribution in [0.15, 0.2) is 35.7 Å². The fourth-order valence-electron chi connectivity index (χ4n) is 3.34. The highest BCUT2D eigenvalue weighted by molar-refractivity contribution is 7.12. The van der Waals surface area contributed by atoms with Crippen molar-refractivity contribution in [2.24, 2.45) is 5.73 Å². The quantitative estimate of drug-likeness (QED) is 0.481. The van der Waals surface area contributed by atoms with Gasteiger partial charge in [-0.1, -0.05) is 57.6 Å². The van der Waals surface area contributed by atoms with Gasteiger partial charge in [0.2, 0.25) is 0 Å². The number of amides is 1. The van der Waals surface area contributed by atoms with Crippen molar-refractivity contribution in [3.63, 3.8) is 0 Å². The minimum Gasteiger partial charge on any atom is -0.365 e. The zero-order valence-electron chi connectivity index (χ0n) is 15.4. The number of carbonyl (C=O) groups is 1. The van der Waals surface area contributed by atoms with Crippen molar-refractivity contribution >= 4 is 28.3 Å². The number of imidazole rings is 1. The van der Waals surface area contributed by atoms with E-state index in [1.54, 1.807) is 0 Å². The predicted molar refractivity (Wildman–Crippen MR) is 109 cm³/mol. The first kappa shape index (κ1) is 18.6. The molecule has 26 heavy (non-hydrogen) atoms. The summed E-state index contributed by atoms with van der Waals surface area (Å²) >= 11 is 1.39. The van der Waals surface area contributed by atoms with Crippen LogP contribution in [-0.2, 0) is 6.42 Å². The van der Waals surface area contributed by atoms with Gasteiger partial charge in [-0.05, 0) is 24.6 Å². The minimum absolute atomic E-state index is 0.376. The maximum atomic E-state index is 11.5. The number of rotatable bonds is 10. The van der Waals surface area contributed by atoms with Crippen LogP contribution < -0.4 is 5.73 Å². The van der Waals surface area contributed by atoms with Crippen LogP contribution in [0.1, 0.15) is 67.4 Å². The van der Waals surface area contributed by atoms with Crippen LogP contribution in [0.4, 0.5) is 0 Å². The molecule has 0 aliphatic rings. The van der Waals surface area contributed by atoms with E-state index in [-0.39, 0.29) is 5.91 Å². The zero-order valence-corrected chi connectivity index (χ0v) is 16.2. The molecule has 2 aromatic heterocycles. The molecule has 1 aromatic carbocycles. The van der Waals surface area contributed by atoms with Crippen LogP contribution in [-0.4, -0.2) is 15.5 Å². The summed E-state index contributed by atoms with van der Waals surface area (Å²) in [5.41, 5.74) is 8.49. The minimum atomic E-state index is -0.376. The molecule has 0 radical (unpaired) electrons. The number of nitrogens with two attached hydrogens (primary N) is 1. The van der Waals surface area contributed by atoms with E-state index in [0.717, 1.165) is 35.4 Å². The van der Waals surface area contributed by atoms with Crippen LogP contribution in [0.3, 0.4) is 0 Å². The molecule has 0 aliphatic heterocycles. The summed E-state index contributed by atoms with van der Waals surface area (Å²) in [7, 11) is 0. The van der Waals surface area contributed by atoms with E-state index in [2.05, 4.69) is 17.6 Å². The molecule has 0 atom stereocenters. The molecule has 0 saturated carbocycles. The van der Waals surface area contributed by atoms with Crippen molar-refractivity contribution in [1.82, 2.24) is 9.55 Å². The van der Waals surface area contributed by atoms with Gasteiger partial charge in [0, 0.05) is 11.8 Å². The Bertz CT molecular complexity index is 865. The Morgan fingerprint density at radius 2 is 1.85 bits per heavy atom. The largest absolute Gasteiger partial charge is 0.365 e. The zero-order chi connectivity index (χ0) is 18.4. The lowest BCUT2D eigenvalue weighted by Crippen LogP contribution is -2.08. The summed E-state index contributed by atoms with van der Waals surface area (Å²) in [5, 5.41) is 1.99. The smallest absolute Gasteiger partial charge is 0.258 e. The van der Waals surface area contributed by atoms with Crippen molar-refractivity contribution in [2.75, 3.05) is 0 Å². The number of hydrogen-bond acceptors (Lipinski definition) is 3. The normalized spacial score (nSPS) is 11.3. The number of para-hydroxylation sites is 2. The van der Waals surface area contributed by atoms with Gasteiger partial charge >= 0.3 is 0 Å². The molecular weight excluding hydrogens is 342 g/mol. The van der Waals surface area contributed by atoms with E-state index in [9.17, 15) is 4.79 Å². The lowest BCUT2D eigenvalue weighted by Gasteiger charge is -2.07. The lowest BCUT2D eigenvalue weighted by molar-refractivity contribution is 0.100. The fourth-order valence-corrected chi connectivity index (χ4v) is 4.07. The number of thiophene rings is 1. The summed E-state index contributed by atoms with van der Waals surface area (Å²) in [4.78, 5) is 16.9. The SMILES string of the molecule is CCCCCCCCCc1nc2ccccc2n1-c1csc(C(N)=O)c1. The van der Waals surface area contributed by atoms with Gasteiger partial charge in [-0.25, -0.2) is 4.98 Å². The van der Waals surface area contributed by atoms with Gasteiger partial charge in [0.1, 0.15) is 5.82 Å². The highest BCUT2D eigenvalue weighted by atomic mass is 32.1. The van der Waals surface area contributed by atoms with Crippen LogP contribution in [0, 0.1) is 0 Å². The molecule has 1 amide bonds. The Morgan fingerprint density at radius 3 is 2.58 bits per heavy atom. The summed E-state index contributed by atoms with van der Waals surface area (Å²) in [6, 6.07) is 10.0. The Labute approximate surface area is 159 Å². The lowest BCUT2D eigenvalue weighted by atomic mass is 10.1. The Hall–Kier alpha value is -2.14. The number of primary amides is 1. The first-order chi connectivity index (χ1) is 12.7. The highest BCUT2D eigenvalue weighted by Crippen LogP contribution is 2.26. The van der Waals surface area contributed by atoms with Crippen LogP contribution in [0.5, 0.6) is 0 Å². The van der Waals surface area contributed by atoms with E-state index >= 15 is 0 Å². The predicted octanol–water partition coefficient (Wildman–Crippen LogP) is 5.48. The molecule has 2 N–H and O–H groups in total. The van der Waals surface area contributed by atoms with Crippen molar-refractivity contribution in [1.29, 1.82) is 0 Å². The van der Waals surface area contributed by atoms with Gasteiger partial charge in [-0.15, -0.1) is 11.3 Å². The maximum absolute atomic E-state index is 11.5. The molecule has 138 valence electrons. The summed E-state index contributed by atoms with van der Waals surface area (Å²) in [6.45, 7) is 2.25. The third kappa shape index (κ3) is 4.33. The van der Waals surface area contributed by atoms with Crippen molar-refractivity contribution in [2.45, 2.75) is 58.3 Å². The number of unbranched alkanes of at least 4 members (excludes halogenated alkanes) is 6. The van der Waals surface area contributed by atoms with E-state index in [1.807, 2.05) is 29.6 Å². The maximum Gasteiger partial charge on any atom is 0.258 e. The molecule has 2 heterocycles. The second-order valence-corrected chi connectivity index (χ2v) is 7.67. The van der Waals surface area contributed by atoms with Gasteiger partial charge in [-0.2, -0.15) is 0 Å². The molecule has 0 spiro atoms. The number of fused-ring (bicyclic) bond motifs is 1. The van der Waals surface area contributed by atoms with Gasteiger partial charge in [-0.3, -0.25) is 9.36 Å². The van der Waals surface area contributed by atoms with Gasteiger partial charge in [0.05, 0.1) is 21.6 Å². The van der Waals surface area contributed by atoms with Crippen LogP contribution >= 0.6 is 11.3 Å². The second-order valence-electron chi connectivity index (χ2n) is 6.76. The van der Waals surface area contributed by atoms with Crippen LogP contribution in [0.25, 0.3) is 16.7 Å². The number of aryl methyl sites for hydroxylation is 1. The highest BCUT2D eigenvalue weighted by Gasteiger charge is 2.14. The van der Waals surface area contributed by atoms with Crippen LogP contribution in [0.2, 0.25) is 0 Å². The Kier molecular flexibility index (Phi) is 6.45. The number of aromatic nitrogens is 2. The average molecular weight is 370 g/mol. The molecule has 4 nitrogen and oxygen atoms in total. The standard InChI is InChI=1S/C21H27N3OS/c1-2-3-4-5-6-7-8-13-20-23-17-11-9-10-12-18(17)24(20)16-14-19(21(22)25)26-15-16/h9-12,14-15H,2-8,13H2,1H3,(H2,22,25). The summed E-state index contributed by atoms with van der Waals surface area (Å²) in [6.07, 6.45) is 9.94. The Morgan fingerprint density at radius 1 is 1.12 bits per heavy atom. The molecule has 0 saturated heterocycles. The third-order valence-corrected chi connectivity index (χ3v) is 5.65. The first-order valence-electron chi connectivity index (χ1n) is 9.55. The number of nitrogens with zero attached hydrogens (tertiary/aromatic N) is 2. The molecule has 0 aliphatic carbocycles. The van der Waals surface area contributed by atoms with Crippen molar-refractivity contribution in [3.05, 3.63) is 46.4 Å².